The van der Waals surface area contributed by atoms with E-state index in [2.05, 4.69) is 36.2 Å². The first-order chi connectivity index (χ1) is 4.64. The Morgan fingerprint density at radius 3 is 2.60 bits per heavy atom. The van der Waals surface area contributed by atoms with E-state index in [1.807, 2.05) is 11.9 Å². The monoisotopic (exact) mass is 177 g/mol. The molecule has 1 nitrogen and oxygen atoms in total. The molecule has 0 atom stereocenters. The van der Waals surface area contributed by atoms with Gasteiger partial charge in [-0.2, -0.15) is 11.8 Å². The smallest absolute Gasteiger partial charge is 0.0240 e. The highest BCUT2D eigenvalue weighted by Gasteiger charge is 2.26. The Hall–Kier alpha value is 0.660. The van der Waals surface area contributed by atoms with Gasteiger partial charge in [0.05, 0.1) is 0 Å². The van der Waals surface area contributed by atoms with E-state index in [1.54, 1.807) is 0 Å². The Bertz CT molecular complexity index is 114. The number of nitrogens with zero attached hydrogens (tertiary/aromatic N) is 1. The van der Waals surface area contributed by atoms with Crippen LogP contribution in [0.1, 0.15) is 13.8 Å². The van der Waals surface area contributed by atoms with Gasteiger partial charge in [-0.25, -0.2) is 4.31 Å². The predicted molar refractivity (Wildman–Crippen MR) is 51.6 cm³/mol. The predicted octanol–water partition coefficient (Wildman–Crippen LogP) is 2.09. The molecule has 1 heterocycles. The van der Waals surface area contributed by atoms with Gasteiger partial charge in [0, 0.05) is 23.6 Å². The molecule has 0 amide bonds. The van der Waals surface area contributed by atoms with Crippen LogP contribution < -0.4 is 0 Å². The van der Waals surface area contributed by atoms with Crippen molar-refractivity contribution in [1.82, 2.24) is 4.31 Å². The summed E-state index contributed by atoms with van der Waals surface area (Å²) in [6.45, 7) is 7.11. The van der Waals surface area contributed by atoms with Gasteiger partial charge in [-0.05, 0) is 20.1 Å². The quantitative estimate of drug-likeness (QED) is 0.565. The van der Waals surface area contributed by atoms with Crippen molar-refractivity contribution >= 4 is 23.7 Å². The number of rotatable bonds is 1. The Balaban J connectivity index is 2.40. The standard InChI is InChI=1S/C7H15NS2/c1-7(2)6-8(9-3)4-5-10-7/h4-6H2,1-3H3. The van der Waals surface area contributed by atoms with E-state index in [0.717, 1.165) is 0 Å². The van der Waals surface area contributed by atoms with Crippen molar-refractivity contribution in [1.29, 1.82) is 0 Å². The molecule has 1 fully saturated rings. The van der Waals surface area contributed by atoms with Gasteiger partial charge < -0.3 is 0 Å². The van der Waals surface area contributed by atoms with Crippen molar-refractivity contribution in [2.45, 2.75) is 18.6 Å². The molecule has 0 bridgehead atoms. The third-order valence-electron chi connectivity index (χ3n) is 1.65. The Morgan fingerprint density at radius 1 is 1.50 bits per heavy atom. The van der Waals surface area contributed by atoms with Gasteiger partial charge in [-0.1, -0.05) is 11.9 Å². The second kappa shape index (κ2) is 3.37. The van der Waals surface area contributed by atoms with E-state index in [9.17, 15) is 0 Å². The molecule has 60 valence electrons. The zero-order valence-corrected chi connectivity index (χ0v) is 8.52. The first-order valence-electron chi connectivity index (χ1n) is 3.57. The lowest BCUT2D eigenvalue weighted by atomic mass is 10.2. The molecule has 1 rings (SSSR count). The molecule has 3 heteroatoms. The van der Waals surface area contributed by atoms with Crippen LogP contribution in [-0.2, 0) is 0 Å². The van der Waals surface area contributed by atoms with Crippen LogP contribution in [0, 0.1) is 0 Å². The molecule has 0 spiro atoms. The van der Waals surface area contributed by atoms with Crippen LogP contribution in [0.2, 0.25) is 0 Å². The van der Waals surface area contributed by atoms with Crippen molar-refractivity contribution in [2.24, 2.45) is 0 Å². The summed E-state index contributed by atoms with van der Waals surface area (Å²) in [5.74, 6) is 1.29. The fraction of sp³-hybridized carbons (Fsp3) is 1.00. The number of thioether (sulfide) groups is 1. The normalized spacial score (nSPS) is 26.7. The minimum atomic E-state index is 0.473. The van der Waals surface area contributed by atoms with Crippen molar-refractivity contribution in [3.05, 3.63) is 0 Å². The van der Waals surface area contributed by atoms with Crippen LogP contribution in [0.25, 0.3) is 0 Å². The van der Waals surface area contributed by atoms with E-state index >= 15 is 0 Å². The Labute approximate surface area is 72.1 Å². The van der Waals surface area contributed by atoms with Crippen LogP contribution in [0.15, 0.2) is 0 Å². The van der Waals surface area contributed by atoms with Crippen LogP contribution in [-0.4, -0.2) is 34.2 Å². The fourth-order valence-electron chi connectivity index (χ4n) is 1.13. The summed E-state index contributed by atoms with van der Waals surface area (Å²) < 4.78 is 2.91. The SMILES string of the molecule is CSN1CCSC(C)(C)C1. The summed E-state index contributed by atoms with van der Waals surface area (Å²) in [6.07, 6.45) is 2.16. The first kappa shape index (κ1) is 8.75. The molecule has 0 aromatic rings. The van der Waals surface area contributed by atoms with Gasteiger partial charge in [-0.3, -0.25) is 0 Å². The summed E-state index contributed by atoms with van der Waals surface area (Å²) in [7, 11) is 0. The average molecular weight is 177 g/mol. The van der Waals surface area contributed by atoms with E-state index in [1.165, 1.54) is 18.8 Å². The number of hydrogen-bond donors (Lipinski definition) is 0. The lowest BCUT2D eigenvalue weighted by molar-refractivity contribution is 0.434. The van der Waals surface area contributed by atoms with Crippen LogP contribution >= 0.6 is 23.7 Å². The van der Waals surface area contributed by atoms with Crippen molar-refractivity contribution in [2.75, 3.05) is 25.1 Å². The lowest BCUT2D eigenvalue weighted by Gasteiger charge is -2.35. The van der Waals surface area contributed by atoms with Gasteiger partial charge in [0.15, 0.2) is 0 Å². The summed E-state index contributed by atoms with van der Waals surface area (Å²) >= 11 is 3.95. The molecule has 0 aromatic carbocycles. The third kappa shape index (κ3) is 2.36. The minimum Gasteiger partial charge on any atom is -0.249 e. The van der Waals surface area contributed by atoms with E-state index in [4.69, 9.17) is 0 Å². The molecule has 0 N–H and O–H groups in total. The molecule has 0 unspecified atom stereocenters. The second-order valence-electron chi connectivity index (χ2n) is 3.15. The lowest BCUT2D eigenvalue weighted by Crippen LogP contribution is -2.38. The molecular formula is C7H15NS2. The summed E-state index contributed by atoms with van der Waals surface area (Å²) in [4.78, 5) is 0. The summed E-state index contributed by atoms with van der Waals surface area (Å²) in [6, 6.07) is 0. The van der Waals surface area contributed by atoms with Gasteiger partial charge in [0.2, 0.25) is 0 Å². The molecule has 10 heavy (non-hydrogen) atoms. The molecule has 0 aromatic heterocycles. The van der Waals surface area contributed by atoms with Gasteiger partial charge in [0.25, 0.3) is 0 Å². The molecule has 1 aliphatic rings. The topological polar surface area (TPSA) is 3.24 Å². The molecule has 1 saturated heterocycles. The second-order valence-corrected chi connectivity index (χ2v) is 5.84. The van der Waals surface area contributed by atoms with E-state index in [-0.39, 0.29) is 0 Å². The highest BCUT2D eigenvalue weighted by Crippen LogP contribution is 2.31. The fourth-order valence-corrected chi connectivity index (χ4v) is 3.16. The molecule has 0 aliphatic carbocycles. The summed E-state index contributed by atoms with van der Waals surface area (Å²) in [5, 5.41) is 0. The van der Waals surface area contributed by atoms with Crippen LogP contribution in [0.5, 0.6) is 0 Å². The van der Waals surface area contributed by atoms with E-state index < -0.39 is 0 Å². The van der Waals surface area contributed by atoms with Crippen molar-refractivity contribution in [3.63, 3.8) is 0 Å². The van der Waals surface area contributed by atoms with Crippen LogP contribution in [0.4, 0.5) is 0 Å². The molecule has 0 radical (unpaired) electrons. The zero-order chi connectivity index (χ0) is 7.61. The highest BCUT2D eigenvalue weighted by atomic mass is 32.2. The van der Waals surface area contributed by atoms with Crippen molar-refractivity contribution in [3.8, 4) is 0 Å². The Morgan fingerprint density at radius 2 is 2.20 bits per heavy atom. The summed E-state index contributed by atoms with van der Waals surface area (Å²) in [5.41, 5.74) is 0. The maximum absolute atomic E-state index is 2.44. The first-order valence-corrected chi connectivity index (χ1v) is 5.74. The zero-order valence-electron chi connectivity index (χ0n) is 6.89. The molecule has 1 aliphatic heterocycles. The van der Waals surface area contributed by atoms with E-state index in [0.29, 0.717) is 4.75 Å². The maximum Gasteiger partial charge on any atom is 0.0240 e. The molecule has 0 saturated carbocycles. The Kier molecular flexibility index (Phi) is 2.95. The minimum absolute atomic E-state index is 0.473. The van der Waals surface area contributed by atoms with Gasteiger partial charge in [0.1, 0.15) is 0 Å². The third-order valence-corrected chi connectivity index (χ3v) is 3.77. The molecular weight excluding hydrogens is 162 g/mol. The number of hydrogen-bond acceptors (Lipinski definition) is 3. The van der Waals surface area contributed by atoms with Gasteiger partial charge in [-0.15, -0.1) is 0 Å². The van der Waals surface area contributed by atoms with Crippen molar-refractivity contribution < 1.29 is 0 Å². The maximum atomic E-state index is 2.44. The van der Waals surface area contributed by atoms with Crippen LogP contribution in [0.3, 0.4) is 0 Å². The highest BCUT2D eigenvalue weighted by molar-refractivity contribution is 8.01. The largest absolute Gasteiger partial charge is 0.249 e. The average Bonchev–Trinajstić information content (AvgIpc) is 1.86. The van der Waals surface area contributed by atoms with Gasteiger partial charge >= 0.3 is 0 Å².